The first-order valence-corrected chi connectivity index (χ1v) is 6.62. The Morgan fingerprint density at radius 3 is 2.70 bits per heavy atom. The Labute approximate surface area is 117 Å². The largest absolute Gasteiger partial charge is 0.454 e. The van der Waals surface area contributed by atoms with Crippen LogP contribution in [0.1, 0.15) is 18.9 Å². The number of rotatable bonds is 6. The predicted octanol–water partition coefficient (Wildman–Crippen LogP) is 4.26. The van der Waals surface area contributed by atoms with Gasteiger partial charge in [-0.1, -0.05) is 25.1 Å². The summed E-state index contributed by atoms with van der Waals surface area (Å²) in [4.78, 5) is 0. The molecule has 0 aliphatic heterocycles. The van der Waals surface area contributed by atoms with Gasteiger partial charge in [-0.15, -0.1) is 0 Å². The van der Waals surface area contributed by atoms with Crippen molar-refractivity contribution in [2.75, 3.05) is 6.54 Å². The van der Waals surface area contributed by atoms with Crippen molar-refractivity contribution in [1.29, 1.82) is 0 Å². The third kappa shape index (κ3) is 3.78. The molecule has 0 aliphatic carbocycles. The van der Waals surface area contributed by atoms with E-state index in [-0.39, 0.29) is 5.75 Å². The van der Waals surface area contributed by atoms with Gasteiger partial charge >= 0.3 is 0 Å². The Bertz CT molecular complexity index is 572. The van der Waals surface area contributed by atoms with Crippen LogP contribution in [0.15, 0.2) is 42.5 Å². The van der Waals surface area contributed by atoms with E-state index in [1.165, 1.54) is 12.1 Å². The smallest absolute Gasteiger partial charge is 0.201 e. The van der Waals surface area contributed by atoms with Crippen LogP contribution in [0.2, 0.25) is 0 Å². The second-order valence-corrected chi connectivity index (χ2v) is 4.48. The highest BCUT2D eigenvalue weighted by atomic mass is 19.2. The van der Waals surface area contributed by atoms with E-state index in [1.807, 2.05) is 18.2 Å². The Morgan fingerprint density at radius 2 is 1.90 bits per heavy atom. The minimum atomic E-state index is -0.970. The number of hydrogen-bond acceptors (Lipinski definition) is 2. The van der Waals surface area contributed by atoms with Crippen molar-refractivity contribution in [3.05, 3.63) is 59.7 Å². The highest BCUT2D eigenvalue weighted by Crippen LogP contribution is 2.26. The van der Waals surface area contributed by atoms with Crippen LogP contribution in [-0.2, 0) is 6.54 Å². The maximum Gasteiger partial charge on any atom is 0.201 e. The molecule has 0 fully saturated rings. The molecule has 20 heavy (non-hydrogen) atoms. The quantitative estimate of drug-likeness (QED) is 0.797. The molecule has 0 amide bonds. The molecule has 2 aromatic rings. The van der Waals surface area contributed by atoms with Gasteiger partial charge in [-0.3, -0.25) is 0 Å². The highest BCUT2D eigenvalue weighted by molar-refractivity contribution is 5.35. The fourth-order valence-corrected chi connectivity index (χ4v) is 1.82. The fourth-order valence-electron chi connectivity index (χ4n) is 1.82. The van der Waals surface area contributed by atoms with Gasteiger partial charge < -0.3 is 10.1 Å². The molecular formula is C16H17F2NO. The lowest BCUT2D eigenvalue weighted by atomic mass is 10.2. The lowest BCUT2D eigenvalue weighted by molar-refractivity contribution is 0.415. The molecule has 4 heteroatoms. The summed E-state index contributed by atoms with van der Waals surface area (Å²) in [6.07, 6.45) is 1.06. The van der Waals surface area contributed by atoms with Gasteiger partial charge in [0.05, 0.1) is 0 Å². The zero-order chi connectivity index (χ0) is 14.4. The standard InChI is InChI=1S/C16H17F2NO/c1-2-9-19-11-12-5-3-6-13(10-12)20-15-8-4-7-14(17)16(15)18/h3-8,10,19H,2,9,11H2,1H3. The second-order valence-electron chi connectivity index (χ2n) is 4.48. The Hall–Kier alpha value is -1.94. The summed E-state index contributed by atoms with van der Waals surface area (Å²) in [5.41, 5.74) is 1.03. The average Bonchev–Trinajstić information content (AvgIpc) is 2.45. The van der Waals surface area contributed by atoms with Gasteiger partial charge in [0.2, 0.25) is 5.82 Å². The van der Waals surface area contributed by atoms with E-state index < -0.39 is 11.6 Å². The summed E-state index contributed by atoms with van der Waals surface area (Å²) in [6.45, 7) is 3.75. The fraction of sp³-hybridized carbons (Fsp3) is 0.250. The van der Waals surface area contributed by atoms with Gasteiger partial charge in [0.15, 0.2) is 11.6 Å². The number of benzene rings is 2. The van der Waals surface area contributed by atoms with Crippen molar-refractivity contribution in [2.24, 2.45) is 0 Å². The molecular weight excluding hydrogens is 260 g/mol. The van der Waals surface area contributed by atoms with Crippen LogP contribution in [0.3, 0.4) is 0 Å². The van der Waals surface area contributed by atoms with Crippen molar-refractivity contribution in [2.45, 2.75) is 19.9 Å². The lowest BCUT2D eigenvalue weighted by Crippen LogP contribution is -2.13. The number of ether oxygens (including phenoxy) is 1. The Balaban J connectivity index is 2.09. The van der Waals surface area contributed by atoms with Crippen LogP contribution in [0.5, 0.6) is 11.5 Å². The zero-order valence-corrected chi connectivity index (χ0v) is 11.3. The minimum Gasteiger partial charge on any atom is -0.454 e. The topological polar surface area (TPSA) is 21.3 Å². The Kier molecular flexibility index (Phi) is 5.07. The normalized spacial score (nSPS) is 10.6. The van der Waals surface area contributed by atoms with Gasteiger partial charge in [0.25, 0.3) is 0 Å². The van der Waals surface area contributed by atoms with E-state index in [0.29, 0.717) is 5.75 Å². The van der Waals surface area contributed by atoms with E-state index in [4.69, 9.17) is 4.74 Å². The van der Waals surface area contributed by atoms with Gasteiger partial charge in [-0.2, -0.15) is 4.39 Å². The van der Waals surface area contributed by atoms with E-state index in [2.05, 4.69) is 12.2 Å². The van der Waals surface area contributed by atoms with Crippen LogP contribution in [0.4, 0.5) is 8.78 Å². The molecule has 2 aromatic carbocycles. The predicted molar refractivity (Wildman–Crippen MR) is 74.9 cm³/mol. The van der Waals surface area contributed by atoms with Gasteiger partial charge in [-0.05, 0) is 42.8 Å². The van der Waals surface area contributed by atoms with Crippen molar-refractivity contribution in [1.82, 2.24) is 5.32 Å². The first-order chi connectivity index (χ1) is 9.70. The van der Waals surface area contributed by atoms with Crippen molar-refractivity contribution < 1.29 is 13.5 Å². The third-order valence-electron chi connectivity index (χ3n) is 2.80. The van der Waals surface area contributed by atoms with Crippen LogP contribution in [0.25, 0.3) is 0 Å². The maximum atomic E-state index is 13.5. The molecule has 0 spiro atoms. The summed E-state index contributed by atoms with van der Waals surface area (Å²) in [7, 11) is 0. The summed E-state index contributed by atoms with van der Waals surface area (Å²) in [6, 6.07) is 11.2. The van der Waals surface area contributed by atoms with Crippen LogP contribution < -0.4 is 10.1 Å². The van der Waals surface area contributed by atoms with Gasteiger partial charge in [-0.25, -0.2) is 4.39 Å². The van der Waals surface area contributed by atoms with Gasteiger partial charge in [0, 0.05) is 6.54 Å². The van der Waals surface area contributed by atoms with Crippen LogP contribution in [0, 0.1) is 11.6 Å². The molecule has 0 aliphatic rings. The van der Waals surface area contributed by atoms with E-state index in [1.54, 1.807) is 6.07 Å². The maximum absolute atomic E-state index is 13.5. The summed E-state index contributed by atoms with van der Waals surface area (Å²) in [5, 5.41) is 3.27. The molecule has 0 aromatic heterocycles. The zero-order valence-electron chi connectivity index (χ0n) is 11.3. The molecule has 0 saturated heterocycles. The molecule has 0 radical (unpaired) electrons. The van der Waals surface area contributed by atoms with Crippen molar-refractivity contribution in [3.8, 4) is 11.5 Å². The molecule has 106 valence electrons. The molecule has 0 bridgehead atoms. The van der Waals surface area contributed by atoms with Crippen LogP contribution >= 0.6 is 0 Å². The average molecular weight is 277 g/mol. The first kappa shape index (κ1) is 14.5. The number of nitrogens with one attached hydrogen (secondary N) is 1. The molecule has 2 rings (SSSR count). The number of hydrogen-bond donors (Lipinski definition) is 1. The van der Waals surface area contributed by atoms with E-state index >= 15 is 0 Å². The minimum absolute atomic E-state index is 0.108. The molecule has 1 N–H and O–H groups in total. The highest BCUT2D eigenvalue weighted by Gasteiger charge is 2.09. The summed E-state index contributed by atoms with van der Waals surface area (Å²) in [5.74, 6) is -1.50. The molecule has 0 atom stereocenters. The summed E-state index contributed by atoms with van der Waals surface area (Å²) >= 11 is 0. The van der Waals surface area contributed by atoms with Crippen molar-refractivity contribution >= 4 is 0 Å². The van der Waals surface area contributed by atoms with E-state index in [9.17, 15) is 8.78 Å². The van der Waals surface area contributed by atoms with Gasteiger partial charge in [0.1, 0.15) is 5.75 Å². The molecule has 2 nitrogen and oxygen atoms in total. The molecule has 0 heterocycles. The Morgan fingerprint density at radius 1 is 1.10 bits per heavy atom. The van der Waals surface area contributed by atoms with E-state index in [0.717, 1.165) is 31.1 Å². The first-order valence-electron chi connectivity index (χ1n) is 6.62. The molecule has 0 unspecified atom stereocenters. The monoisotopic (exact) mass is 277 g/mol. The van der Waals surface area contributed by atoms with Crippen molar-refractivity contribution in [3.63, 3.8) is 0 Å². The lowest BCUT2D eigenvalue weighted by Gasteiger charge is -2.09. The second kappa shape index (κ2) is 7.01. The van der Waals surface area contributed by atoms with Crippen LogP contribution in [-0.4, -0.2) is 6.54 Å². The summed E-state index contributed by atoms with van der Waals surface area (Å²) < 4.78 is 32.0. The molecule has 0 saturated carbocycles. The SMILES string of the molecule is CCCNCc1cccc(Oc2cccc(F)c2F)c1. The third-order valence-corrected chi connectivity index (χ3v) is 2.80. The number of halogens is 2.